The Morgan fingerprint density at radius 2 is 2.05 bits per heavy atom. The Balaban J connectivity index is 1.60. The van der Waals surface area contributed by atoms with E-state index in [-0.39, 0.29) is 0 Å². The molecule has 1 unspecified atom stereocenters. The van der Waals surface area contributed by atoms with Crippen LogP contribution in [0.3, 0.4) is 0 Å². The average Bonchev–Trinajstić information content (AvgIpc) is 3.19. The number of nitrogens with zero attached hydrogens (tertiary/aromatic N) is 2. The molecule has 0 spiro atoms. The van der Waals surface area contributed by atoms with Crippen LogP contribution in [0.2, 0.25) is 0 Å². The molecular weight excluding hydrogens is 242 g/mol. The van der Waals surface area contributed by atoms with E-state index in [0.29, 0.717) is 12.0 Å². The third-order valence-electron chi connectivity index (χ3n) is 4.12. The average molecular weight is 265 g/mol. The second-order valence-corrected chi connectivity index (χ2v) is 5.64. The summed E-state index contributed by atoms with van der Waals surface area (Å²) in [6.07, 6.45) is 5.56. The van der Waals surface area contributed by atoms with Crippen molar-refractivity contribution in [3.63, 3.8) is 0 Å². The fourth-order valence-corrected chi connectivity index (χ4v) is 2.83. The lowest BCUT2D eigenvalue weighted by molar-refractivity contribution is 0.0830. The van der Waals surface area contributed by atoms with E-state index < -0.39 is 0 Å². The molecule has 1 atom stereocenters. The monoisotopic (exact) mass is 265 g/mol. The van der Waals surface area contributed by atoms with E-state index in [9.17, 15) is 0 Å². The largest absolute Gasteiger partial charge is 0.381 e. The summed E-state index contributed by atoms with van der Waals surface area (Å²) < 4.78 is 10.8. The zero-order valence-corrected chi connectivity index (χ0v) is 11.6. The molecule has 2 heterocycles. The molecule has 106 valence electrons. The van der Waals surface area contributed by atoms with Crippen molar-refractivity contribution in [2.75, 3.05) is 19.8 Å². The molecule has 1 aromatic heterocycles. The second kappa shape index (κ2) is 6.01. The van der Waals surface area contributed by atoms with Gasteiger partial charge in [0.1, 0.15) is 0 Å². The van der Waals surface area contributed by atoms with Gasteiger partial charge in [0.05, 0.1) is 0 Å². The summed E-state index contributed by atoms with van der Waals surface area (Å²) >= 11 is 0. The maximum absolute atomic E-state index is 5.43. The van der Waals surface area contributed by atoms with Crippen molar-refractivity contribution >= 4 is 0 Å². The van der Waals surface area contributed by atoms with Crippen LogP contribution >= 0.6 is 0 Å². The first-order valence-electron chi connectivity index (χ1n) is 7.50. The maximum atomic E-state index is 5.43. The zero-order chi connectivity index (χ0) is 13.1. The molecule has 3 rings (SSSR count). The lowest BCUT2D eigenvalue weighted by Crippen LogP contribution is -2.33. The quantitative estimate of drug-likeness (QED) is 0.851. The van der Waals surface area contributed by atoms with Crippen LogP contribution in [0.1, 0.15) is 50.2 Å². The van der Waals surface area contributed by atoms with Gasteiger partial charge < -0.3 is 14.6 Å². The van der Waals surface area contributed by atoms with Crippen molar-refractivity contribution in [1.82, 2.24) is 15.5 Å². The Labute approximate surface area is 114 Å². The number of nitrogens with one attached hydrogen (secondary N) is 1. The van der Waals surface area contributed by atoms with E-state index in [0.717, 1.165) is 56.7 Å². The summed E-state index contributed by atoms with van der Waals surface area (Å²) in [5, 5.41) is 7.70. The van der Waals surface area contributed by atoms with Gasteiger partial charge in [-0.3, -0.25) is 0 Å². The van der Waals surface area contributed by atoms with E-state index in [1.165, 1.54) is 12.8 Å². The van der Waals surface area contributed by atoms with Gasteiger partial charge >= 0.3 is 0 Å². The molecule has 0 bridgehead atoms. The Morgan fingerprint density at radius 1 is 1.26 bits per heavy atom. The first-order chi connectivity index (χ1) is 9.36. The third kappa shape index (κ3) is 3.34. The molecule has 0 radical (unpaired) electrons. The predicted octanol–water partition coefficient (Wildman–Crippen LogP) is 1.89. The molecule has 0 amide bonds. The van der Waals surface area contributed by atoms with Crippen LogP contribution in [0.25, 0.3) is 0 Å². The number of ether oxygens (including phenoxy) is 1. The minimum absolute atomic E-state index is 0.421. The molecule has 1 saturated heterocycles. The van der Waals surface area contributed by atoms with Crippen molar-refractivity contribution < 1.29 is 9.26 Å². The van der Waals surface area contributed by atoms with Crippen LogP contribution in [-0.2, 0) is 11.2 Å². The van der Waals surface area contributed by atoms with Crippen molar-refractivity contribution in [2.45, 2.75) is 51.0 Å². The summed E-state index contributed by atoms with van der Waals surface area (Å²) in [6, 6.07) is 0.507. The summed E-state index contributed by atoms with van der Waals surface area (Å²) in [5.74, 6) is 2.90. The molecule has 2 aliphatic rings. The Morgan fingerprint density at radius 3 is 2.74 bits per heavy atom. The van der Waals surface area contributed by atoms with Gasteiger partial charge in [-0.05, 0) is 38.1 Å². The Bertz CT molecular complexity index is 397. The Hall–Kier alpha value is -0.940. The summed E-state index contributed by atoms with van der Waals surface area (Å²) in [7, 11) is 0. The third-order valence-corrected chi connectivity index (χ3v) is 4.12. The number of aromatic nitrogens is 2. The highest BCUT2D eigenvalue weighted by atomic mass is 16.5. The van der Waals surface area contributed by atoms with Gasteiger partial charge in [-0.2, -0.15) is 4.98 Å². The molecule has 5 heteroatoms. The summed E-state index contributed by atoms with van der Waals surface area (Å²) in [4.78, 5) is 4.59. The maximum Gasteiger partial charge on any atom is 0.228 e. The number of likely N-dealkylation sites (N-methyl/N-ethyl adjacent to an activating group) is 1. The molecule has 1 N–H and O–H groups in total. The smallest absolute Gasteiger partial charge is 0.228 e. The topological polar surface area (TPSA) is 60.2 Å². The van der Waals surface area contributed by atoms with Crippen molar-refractivity contribution in [2.24, 2.45) is 5.92 Å². The van der Waals surface area contributed by atoms with Gasteiger partial charge in [-0.1, -0.05) is 12.1 Å². The molecule has 5 nitrogen and oxygen atoms in total. The standard InChI is InChI=1S/C14H23N3O2/c1-2-15-12(10-3-4-10)9-13-16-14(17-19-13)11-5-7-18-8-6-11/h10-12,15H,2-9H2,1H3. The van der Waals surface area contributed by atoms with Crippen LogP contribution in [0, 0.1) is 5.92 Å². The van der Waals surface area contributed by atoms with E-state index >= 15 is 0 Å². The van der Waals surface area contributed by atoms with Crippen LogP contribution in [-0.4, -0.2) is 35.9 Å². The summed E-state index contributed by atoms with van der Waals surface area (Å²) in [6.45, 7) is 4.78. The van der Waals surface area contributed by atoms with Gasteiger partial charge in [0.2, 0.25) is 5.89 Å². The van der Waals surface area contributed by atoms with Crippen LogP contribution < -0.4 is 5.32 Å². The molecular formula is C14H23N3O2. The molecule has 2 fully saturated rings. The lowest BCUT2D eigenvalue weighted by Gasteiger charge is -2.18. The van der Waals surface area contributed by atoms with Gasteiger partial charge in [0, 0.05) is 31.6 Å². The van der Waals surface area contributed by atoms with E-state index in [1.807, 2.05) is 0 Å². The van der Waals surface area contributed by atoms with Crippen molar-refractivity contribution in [3.8, 4) is 0 Å². The first-order valence-corrected chi connectivity index (χ1v) is 7.50. The predicted molar refractivity (Wildman–Crippen MR) is 71.0 cm³/mol. The molecule has 1 aliphatic carbocycles. The molecule has 1 aliphatic heterocycles. The lowest BCUT2D eigenvalue weighted by atomic mass is 10.00. The fraction of sp³-hybridized carbons (Fsp3) is 0.857. The molecule has 1 saturated carbocycles. The highest BCUT2D eigenvalue weighted by Crippen LogP contribution is 2.34. The second-order valence-electron chi connectivity index (χ2n) is 5.64. The molecule has 0 aromatic carbocycles. The van der Waals surface area contributed by atoms with E-state index in [1.54, 1.807) is 0 Å². The minimum atomic E-state index is 0.421. The fourth-order valence-electron chi connectivity index (χ4n) is 2.83. The van der Waals surface area contributed by atoms with Gasteiger partial charge in [-0.25, -0.2) is 0 Å². The van der Waals surface area contributed by atoms with E-state index in [4.69, 9.17) is 9.26 Å². The zero-order valence-electron chi connectivity index (χ0n) is 11.6. The van der Waals surface area contributed by atoms with Gasteiger partial charge in [0.25, 0.3) is 0 Å². The minimum Gasteiger partial charge on any atom is -0.381 e. The van der Waals surface area contributed by atoms with Crippen molar-refractivity contribution in [3.05, 3.63) is 11.7 Å². The number of hydrogen-bond acceptors (Lipinski definition) is 5. The SMILES string of the molecule is CCNC(Cc1nc(C2CCOCC2)no1)C1CC1. The highest BCUT2D eigenvalue weighted by Gasteiger charge is 2.32. The van der Waals surface area contributed by atoms with Gasteiger partial charge in [0.15, 0.2) is 5.82 Å². The first kappa shape index (κ1) is 13.1. The number of rotatable bonds is 6. The van der Waals surface area contributed by atoms with Gasteiger partial charge in [-0.15, -0.1) is 0 Å². The molecule has 19 heavy (non-hydrogen) atoms. The van der Waals surface area contributed by atoms with Crippen LogP contribution in [0.15, 0.2) is 4.52 Å². The highest BCUT2D eigenvalue weighted by molar-refractivity contribution is 4.99. The molecule has 1 aromatic rings. The van der Waals surface area contributed by atoms with E-state index in [2.05, 4.69) is 22.4 Å². The Kier molecular flexibility index (Phi) is 4.13. The normalized spacial score (nSPS) is 22.6. The number of hydrogen-bond donors (Lipinski definition) is 1. The summed E-state index contributed by atoms with van der Waals surface area (Å²) in [5.41, 5.74) is 0. The van der Waals surface area contributed by atoms with Crippen LogP contribution in [0.4, 0.5) is 0 Å². The van der Waals surface area contributed by atoms with Crippen molar-refractivity contribution in [1.29, 1.82) is 0 Å². The van der Waals surface area contributed by atoms with Crippen LogP contribution in [0.5, 0.6) is 0 Å².